The number of sulfonamides is 1. The zero-order valence-corrected chi connectivity index (χ0v) is 13.4. The molecule has 0 bridgehead atoms. The van der Waals surface area contributed by atoms with Crippen molar-refractivity contribution in [2.45, 2.75) is 24.3 Å². The molecule has 0 aromatic heterocycles. The van der Waals surface area contributed by atoms with Crippen LogP contribution in [-0.2, 0) is 14.8 Å². The maximum absolute atomic E-state index is 12.5. The SMILES string of the molecule is COCC(C)N(C)S(=O)(=O)c1cccc(C#CCCO)c1. The van der Waals surface area contributed by atoms with Gasteiger partial charge in [-0.1, -0.05) is 17.9 Å². The Balaban J connectivity index is 3.04. The Labute approximate surface area is 126 Å². The number of rotatable bonds is 6. The van der Waals surface area contributed by atoms with Gasteiger partial charge >= 0.3 is 0 Å². The van der Waals surface area contributed by atoms with Crippen LogP contribution in [0.5, 0.6) is 0 Å². The van der Waals surface area contributed by atoms with E-state index in [4.69, 9.17) is 9.84 Å². The molecule has 1 aromatic rings. The molecule has 116 valence electrons. The second-order valence-electron chi connectivity index (χ2n) is 4.63. The van der Waals surface area contributed by atoms with Gasteiger partial charge in [0, 0.05) is 32.2 Å². The topological polar surface area (TPSA) is 66.8 Å². The van der Waals surface area contributed by atoms with E-state index < -0.39 is 10.0 Å². The van der Waals surface area contributed by atoms with Crippen LogP contribution < -0.4 is 0 Å². The third-order valence-electron chi connectivity index (χ3n) is 3.01. The number of methoxy groups -OCH3 is 1. The molecule has 0 spiro atoms. The summed E-state index contributed by atoms with van der Waals surface area (Å²) >= 11 is 0. The normalized spacial score (nSPS) is 12.8. The van der Waals surface area contributed by atoms with Gasteiger partial charge < -0.3 is 9.84 Å². The van der Waals surface area contributed by atoms with Crippen molar-refractivity contribution in [3.05, 3.63) is 29.8 Å². The molecule has 1 atom stereocenters. The first kappa shape index (κ1) is 17.7. The van der Waals surface area contributed by atoms with E-state index in [2.05, 4.69) is 11.8 Å². The molecule has 0 aliphatic heterocycles. The molecular weight excluding hydrogens is 290 g/mol. The van der Waals surface area contributed by atoms with E-state index in [0.717, 1.165) is 0 Å². The molecule has 1 rings (SSSR count). The number of benzene rings is 1. The Morgan fingerprint density at radius 3 is 2.76 bits per heavy atom. The predicted molar refractivity (Wildman–Crippen MR) is 81.3 cm³/mol. The number of aliphatic hydroxyl groups is 1. The zero-order valence-electron chi connectivity index (χ0n) is 12.5. The number of likely N-dealkylation sites (N-methyl/N-ethyl adjacent to an activating group) is 1. The molecule has 0 radical (unpaired) electrons. The van der Waals surface area contributed by atoms with E-state index in [1.54, 1.807) is 25.1 Å². The molecule has 6 heteroatoms. The Bertz CT molecular complexity index is 616. The summed E-state index contributed by atoms with van der Waals surface area (Å²) in [5.41, 5.74) is 0.609. The second kappa shape index (κ2) is 8.15. The molecule has 21 heavy (non-hydrogen) atoms. The number of hydrogen-bond acceptors (Lipinski definition) is 4. The fourth-order valence-electron chi connectivity index (χ4n) is 1.70. The van der Waals surface area contributed by atoms with Crippen LogP contribution in [0.15, 0.2) is 29.2 Å². The van der Waals surface area contributed by atoms with Crippen LogP contribution in [0.2, 0.25) is 0 Å². The molecule has 0 aliphatic carbocycles. The summed E-state index contributed by atoms with van der Waals surface area (Å²) in [5, 5.41) is 8.70. The molecule has 0 fully saturated rings. The van der Waals surface area contributed by atoms with E-state index in [0.29, 0.717) is 18.6 Å². The Morgan fingerprint density at radius 1 is 1.43 bits per heavy atom. The van der Waals surface area contributed by atoms with Crippen molar-refractivity contribution in [2.24, 2.45) is 0 Å². The van der Waals surface area contributed by atoms with Gasteiger partial charge in [0.25, 0.3) is 0 Å². The molecule has 1 aromatic carbocycles. The lowest BCUT2D eigenvalue weighted by Gasteiger charge is -2.23. The smallest absolute Gasteiger partial charge is 0.243 e. The summed E-state index contributed by atoms with van der Waals surface area (Å²) in [7, 11) is -0.510. The molecule has 0 saturated carbocycles. The third kappa shape index (κ3) is 4.83. The highest BCUT2D eigenvalue weighted by Gasteiger charge is 2.25. The van der Waals surface area contributed by atoms with Crippen molar-refractivity contribution in [3.8, 4) is 11.8 Å². The summed E-state index contributed by atoms with van der Waals surface area (Å²) in [4.78, 5) is 0.198. The summed E-state index contributed by atoms with van der Waals surface area (Å²) in [6.07, 6.45) is 0.363. The van der Waals surface area contributed by atoms with Crippen LogP contribution >= 0.6 is 0 Å². The summed E-state index contributed by atoms with van der Waals surface area (Å²) in [5.74, 6) is 5.61. The first-order chi connectivity index (χ1) is 9.93. The minimum atomic E-state index is -3.58. The van der Waals surface area contributed by atoms with Crippen molar-refractivity contribution in [3.63, 3.8) is 0 Å². The maximum Gasteiger partial charge on any atom is 0.243 e. The summed E-state index contributed by atoms with van der Waals surface area (Å²) in [6.45, 7) is 2.10. The first-order valence-electron chi connectivity index (χ1n) is 6.60. The van der Waals surface area contributed by atoms with Gasteiger partial charge in [-0.05, 0) is 25.1 Å². The lowest BCUT2D eigenvalue weighted by atomic mass is 10.2. The largest absolute Gasteiger partial charge is 0.395 e. The van der Waals surface area contributed by atoms with Crippen molar-refractivity contribution in [1.29, 1.82) is 0 Å². The molecule has 0 heterocycles. The lowest BCUT2D eigenvalue weighted by molar-refractivity contribution is 0.149. The Morgan fingerprint density at radius 2 is 2.14 bits per heavy atom. The quantitative estimate of drug-likeness (QED) is 0.798. The standard InChI is InChI=1S/C15H21NO4S/c1-13(12-20-3)16(2)21(18,19)15-9-6-8-14(11-15)7-4-5-10-17/h6,8-9,11,13,17H,5,10,12H2,1-3H3. The van der Waals surface area contributed by atoms with Crippen molar-refractivity contribution in [1.82, 2.24) is 4.31 Å². The molecular formula is C15H21NO4S. The Kier molecular flexibility index (Phi) is 6.85. The van der Waals surface area contributed by atoms with E-state index in [-0.39, 0.29) is 17.5 Å². The van der Waals surface area contributed by atoms with E-state index in [1.165, 1.54) is 24.5 Å². The maximum atomic E-state index is 12.5. The van der Waals surface area contributed by atoms with Crippen LogP contribution in [0.1, 0.15) is 18.9 Å². The van der Waals surface area contributed by atoms with Gasteiger partial charge in [0.2, 0.25) is 10.0 Å². The monoisotopic (exact) mass is 311 g/mol. The van der Waals surface area contributed by atoms with Gasteiger partial charge in [0.05, 0.1) is 18.1 Å². The van der Waals surface area contributed by atoms with Crippen molar-refractivity contribution >= 4 is 10.0 Å². The zero-order chi connectivity index (χ0) is 15.9. The highest BCUT2D eigenvalue weighted by molar-refractivity contribution is 7.89. The van der Waals surface area contributed by atoms with Crippen LogP contribution in [0.25, 0.3) is 0 Å². The van der Waals surface area contributed by atoms with Gasteiger partial charge in [-0.25, -0.2) is 8.42 Å². The molecule has 0 amide bonds. The van der Waals surface area contributed by atoms with Crippen molar-refractivity contribution in [2.75, 3.05) is 27.4 Å². The predicted octanol–water partition coefficient (Wildman–Crippen LogP) is 1.08. The average Bonchev–Trinajstić information content (AvgIpc) is 2.47. The fraction of sp³-hybridized carbons (Fsp3) is 0.467. The van der Waals surface area contributed by atoms with Crippen LogP contribution in [0.4, 0.5) is 0 Å². The molecule has 1 N–H and O–H groups in total. The number of nitrogens with zero attached hydrogens (tertiary/aromatic N) is 1. The van der Waals surface area contributed by atoms with Gasteiger partial charge in [0.1, 0.15) is 0 Å². The molecule has 1 unspecified atom stereocenters. The number of aliphatic hydroxyl groups excluding tert-OH is 1. The molecule has 5 nitrogen and oxygen atoms in total. The van der Waals surface area contributed by atoms with Gasteiger partial charge in [-0.2, -0.15) is 4.31 Å². The van der Waals surface area contributed by atoms with Crippen LogP contribution in [0, 0.1) is 11.8 Å². The fourth-order valence-corrected chi connectivity index (χ4v) is 3.10. The second-order valence-corrected chi connectivity index (χ2v) is 6.63. The van der Waals surface area contributed by atoms with E-state index in [9.17, 15) is 8.42 Å². The minimum Gasteiger partial charge on any atom is -0.395 e. The summed E-state index contributed by atoms with van der Waals surface area (Å²) in [6, 6.07) is 6.22. The van der Waals surface area contributed by atoms with Crippen LogP contribution in [-0.4, -0.2) is 51.2 Å². The molecule has 0 aliphatic rings. The first-order valence-corrected chi connectivity index (χ1v) is 8.04. The third-order valence-corrected chi connectivity index (χ3v) is 4.98. The molecule has 0 saturated heterocycles. The average molecular weight is 311 g/mol. The van der Waals surface area contributed by atoms with Crippen molar-refractivity contribution < 1.29 is 18.3 Å². The van der Waals surface area contributed by atoms with E-state index in [1.807, 2.05) is 0 Å². The summed E-state index contributed by atoms with van der Waals surface area (Å²) < 4.78 is 31.3. The highest BCUT2D eigenvalue weighted by atomic mass is 32.2. The van der Waals surface area contributed by atoms with Crippen LogP contribution in [0.3, 0.4) is 0 Å². The van der Waals surface area contributed by atoms with Gasteiger partial charge in [-0.15, -0.1) is 0 Å². The van der Waals surface area contributed by atoms with Gasteiger partial charge in [0.15, 0.2) is 0 Å². The minimum absolute atomic E-state index is 0.0116. The lowest BCUT2D eigenvalue weighted by Crippen LogP contribution is -2.37. The highest BCUT2D eigenvalue weighted by Crippen LogP contribution is 2.17. The van der Waals surface area contributed by atoms with Gasteiger partial charge in [-0.3, -0.25) is 0 Å². The van der Waals surface area contributed by atoms with E-state index >= 15 is 0 Å². The number of ether oxygens (including phenoxy) is 1. The Hall–Kier alpha value is -1.39. The number of hydrogen-bond donors (Lipinski definition) is 1.